The van der Waals surface area contributed by atoms with Crippen molar-refractivity contribution >= 4 is 11.6 Å². The SMILES string of the molecule is CNC(=O)c1ccc(N2CCC(N3CCC(F)(C(C)(C)C)C3)CC2)cn1. The Morgan fingerprint density at radius 1 is 1.27 bits per heavy atom. The molecule has 1 atom stereocenters. The van der Waals surface area contributed by atoms with Crippen LogP contribution in [0.3, 0.4) is 0 Å². The number of aromatic nitrogens is 1. The fourth-order valence-corrected chi connectivity index (χ4v) is 4.05. The first kappa shape index (κ1) is 19.1. The zero-order valence-corrected chi connectivity index (χ0v) is 16.4. The Balaban J connectivity index is 1.56. The van der Waals surface area contributed by atoms with E-state index in [1.54, 1.807) is 19.3 Å². The van der Waals surface area contributed by atoms with E-state index in [-0.39, 0.29) is 11.3 Å². The molecule has 2 aliphatic rings. The fraction of sp³-hybridized carbons (Fsp3) is 0.700. The van der Waals surface area contributed by atoms with E-state index >= 15 is 4.39 Å². The Hall–Kier alpha value is -1.69. The number of piperidine rings is 1. The average Bonchev–Trinajstić information content (AvgIpc) is 3.05. The highest BCUT2D eigenvalue weighted by molar-refractivity contribution is 5.92. The lowest BCUT2D eigenvalue weighted by atomic mass is 9.77. The first-order valence-electron chi connectivity index (χ1n) is 9.59. The number of hydrogen-bond donors (Lipinski definition) is 1. The van der Waals surface area contributed by atoms with Crippen LogP contribution in [0.5, 0.6) is 0 Å². The zero-order chi connectivity index (χ0) is 18.9. The van der Waals surface area contributed by atoms with Crippen molar-refractivity contribution in [2.45, 2.75) is 51.7 Å². The largest absolute Gasteiger partial charge is 0.370 e. The van der Waals surface area contributed by atoms with E-state index in [1.807, 2.05) is 26.8 Å². The second-order valence-electron chi connectivity index (χ2n) is 8.63. The molecule has 0 aliphatic carbocycles. The second kappa shape index (κ2) is 7.14. The quantitative estimate of drug-likeness (QED) is 0.898. The normalized spacial score (nSPS) is 25.5. The van der Waals surface area contributed by atoms with Gasteiger partial charge in [0, 0.05) is 39.3 Å². The van der Waals surface area contributed by atoms with Gasteiger partial charge in [0.05, 0.1) is 11.9 Å². The molecule has 144 valence electrons. The number of nitrogens with zero attached hydrogens (tertiary/aromatic N) is 3. The number of alkyl halides is 1. The molecular formula is C20H31FN4O. The van der Waals surface area contributed by atoms with Crippen LogP contribution in [0.2, 0.25) is 0 Å². The van der Waals surface area contributed by atoms with Crippen molar-refractivity contribution in [2.75, 3.05) is 38.1 Å². The minimum absolute atomic E-state index is 0.169. The molecule has 5 nitrogen and oxygen atoms in total. The van der Waals surface area contributed by atoms with Crippen LogP contribution in [0.25, 0.3) is 0 Å². The van der Waals surface area contributed by atoms with Crippen LogP contribution in [0.1, 0.15) is 50.5 Å². The van der Waals surface area contributed by atoms with E-state index in [0.717, 1.165) is 38.2 Å². The molecule has 0 radical (unpaired) electrons. The van der Waals surface area contributed by atoms with Gasteiger partial charge in [-0.3, -0.25) is 9.69 Å². The van der Waals surface area contributed by atoms with Gasteiger partial charge in [-0.1, -0.05) is 20.8 Å². The van der Waals surface area contributed by atoms with Crippen LogP contribution in [-0.4, -0.2) is 60.7 Å². The summed E-state index contributed by atoms with van der Waals surface area (Å²) in [5.74, 6) is -0.169. The Bertz CT molecular complexity index is 634. The number of carbonyl (C=O) groups excluding carboxylic acids is 1. The average molecular weight is 362 g/mol. The van der Waals surface area contributed by atoms with Gasteiger partial charge in [0.1, 0.15) is 11.4 Å². The third-order valence-electron chi connectivity index (χ3n) is 6.15. The molecule has 0 bridgehead atoms. The predicted octanol–water partition coefficient (Wildman–Crippen LogP) is 2.87. The number of likely N-dealkylation sites (tertiary alicyclic amines) is 1. The fourth-order valence-electron chi connectivity index (χ4n) is 4.05. The summed E-state index contributed by atoms with van der Waals surface area (Å²) in [6.45, 7) is 9.33. The maximum atomic E-state index is 15.2. The summed E-state index contributed by atoms with van der Waals surface area (Å²) in [7, 11) is 1.60. The lowest BCUT2D eigenvalue weighted by molar-refractivity contribution is 0.0315. The van der Waals surface area contributed by atoms with E-state index in [1.165, 1.54) is 0 Å². The van der Waals surface area contributed by atoms with E-state index in [9.17, 15) is 4.79 Å². The highest BCUT2D eigenvalue weighted by Crippen LogP contribution is 2.42. The van der Waals surface area contributed by atoms with Gasteiger partial charge in [-0.05, 0) is 36.8 Å². The molecule has 1 aromatic heterocycles. The molecule has 3 heterocycles. The molecule has 0 spiro atoms. The van der Waals surface area contributed by atoms with E-state index in [2.05, 4.69) is 20.1 Å². The molecule has 1 unspecified atom stereocenters. The summed E-state index contributed by atoms with van der Waals surface area (Å²) in [6.07, 6.45) is 4.49. The number of hydrogen-bond acceptors (Lipinski definition) is 4. The Morgan fingerprint density at radius 3 is 2.46 bits per heavy atom. The number of pyridine rings is 1. The maximum Gasteiger partial charge on any atom is 0.269 e. The van der Waals surface area contributed by atoms with Crippen molar-refractivity contribution in [3.8, 4) is 0 Å². The summed E-state index contributed by atoms with van der Waals surface area (Å²) in [5.41, 5.74) is 0.0985. The molecule has 6 heteroatoms. The van der Waals surface area contributed by atoms with Crippen LogP contribution in [0.4, 0.5) is 10.1 Å². The van der Waals surface area contributed by atoms with Gasteiger partial charge in [0.25, 0.3) is 5.91 Å². The van der Waals surface area contributed by atoms with Crippen molar-refractivity contribution in [1.82, 2.24) is 15.2 Å². The molecule has 2 fully saturated rings. The highest BCUT2D eigenvalue weighted by atomic mass is 19.1. The van der Waals surface area contributed by atoms with Gasteiger partial charge >= 0.3 is 0 Å². The molecule has 0 aromatic carbocycles. The summed E-state index contributed by atoms with van der Waals surface area (Å²) in [5, 5.41) is 2.58. The summed E-state index contributed by atoms with van der Waals surface area (Å²) in [6, 6.07) is 4.19. The molecule has 2 saturated heterocycles. The van der Waals surface area contributed by atoms with Gasteiger partial charge in [0.2, 0.25) is 0 Å². The molecule has 1 amide bonds. The van der Waals surface area contributed by atoms with Crippen LogP contribution >= 0.6 is 0 Å². The molecule has 3 rings (SSSR count). The standard InChI is InChI=1S/C20H31FN4O/c1-19(2,3)20(21)9-12-25(14-20)15-7-10-24(11-8-15)16-5-6-17(23-13-16)18(26)22-4/h5-6,13,15H,7-12,14H2,1-4H3,(H,22,26). The van der Waals surface area contributed by atoms with Crippen LogP contribution in [0, 0.1) is 5.41 Å². The lowest BCUT2D eigenvalue weighted by Gasteiger charge is -2.39. The smallest absolute Gasteiger partial charge is 0.269 e. The van der Waals surface area contributed by atoms with Crippen LogP contribution in [0.15, 0.2) is 18.3 Å². The van der Waals surface area contributed by atoms with Gasteiger partial charge in [0.15, 0.2) is 0 Å². The lowest BCUT2D eigenvalue weighted by Crippen LogP contribution is -2.47. The van der Waals surface area contributed by atoms with Crippen molar-refractivity contribution in [1.29, 1.82) is 0 Å². The van der Waals surface area contributed by atoms with E-state index in [0.29, 0.717) is 24.7 Å². The number of rotatable bonds is 3. The molecular weight excluding hydrogens is 331 g/mol. The summed E-state index contributed by atoms with van der Waals surface area (Å²) < 4.78 is 15.2. The number of carbonyl (C=O) groups is 1. The minimum atomic E-state index is -1.08. The van der Waals surface area contributed by atoms with Crippen molar-refractivity contribution in [3.63, 3.8) is 0 Å². The number of nitrogens with one attached hydrogen (secondary N) is 1. The molecule has 1 aromatic rings. The Kier molecular flexibility index (Phi) is 5.24. The van der Waals surface area contributed by atoms with Gasteiger partial charge in [-0.2, -0.15) is 0 Å². The van der Waals surface area contributed by atoms with E-state index < -0.39 is 5.67 Å². The van der Waals surface area contributed by atoms with Crippen molar-refractivity contribution < 1.29 is 9.18 Å². The van der Waals surface area contributed by atoms with Crippen molar-refractivity contribution in [3.05, 3.63) is 24.0 Å². The number of halogens is 1. The molecule has 26 heavy (non-hydrogen) atoms. The van der Waals surface area contributed by atoms with Gasteiger partial charge < -0.3 is 10.2 Å². The number of amides is 1. The van der Waals surface area contributed by atoms with Crippen LogP contribution < -0.4 is 10.2 Å². The highest BCUT2D eigenvalue weighted by Gasteiger charge is 2.48. The van der Waals surface area contributed by atoms with Gasteiger partial charge in [-0.25, -0.2) is 9.37 Å². The predicted molar refractivity (Wildman–Crippen MR) is 102 cm³/mol. The molecule has 0 saturated carbocycles. The zero-order valence-electron chi connectivity index (χ0n) is 16.4. The Labute approximate surface area is 156 Å². The summed E-state index contributed by atoms with van der Waals surface area (Å²) >= 11 is 0. The molecule has 2 aliphatic heterocycles. The first-order chi connectivity index (χ1) is 12.2. The maximum absolute atomic E-state index is 15.2. The third kappa shape index (κ3) is 3.70. The monoisotopic (exact) mass is 362 g/mol. The van der Waals surface area contributed by atoms with Crippen molar-refractivity contribution in [2.24, 2.45) is 5.41 Å². The minimum Gasteiger partial charge on any atom is -0.370 e. The first-order valence-corrected chi connectivity index (χ1v) is 9.59. The second-order valence-corrected chi connectivity index (χ2v) is 8.63. The topological polar surface area (TPSA) is 48.5 Å². The summed E-state index contributed by atoms with van der Waals surface area (Å²) in [4.78, 5) is 20.5. The Morgan fingerprint density at radius 2 is 1.96 bits per heavy atom. The number of anilines is 1. The van der Waals surface area contributed by atoms with E-state index in [4.69, 9.17) is 0 Å². The third-order valence-corrected chi connectivity index (χ3v) is 6.15. The van der Waals surface area contributed by atoms with Gasteiger partial charge in [-0.15, -0.1) is 0 Å². The van der Waals surface area contributed by atoms with Crippen LogP contribution in [-0.2, 0) is 0 Å². The molecule has 1 N–H and O–H groups in total.